The maximum absolute atomic E-state index is 2.41. The van der Waals surface area contributed by atoms with Crippen molar-refractivity contribution in [2.45, 2.75) is 33.1 Å². The molecule has 0 aliphatic carbocycles. The van der Waals surface area contributed by atoms with Crippen molar-refractivity contribution in [3.63, 3.8) is 0 Å². The van der Waals surface area contributed by atoms with Crippen LogP contribution in [0.15, 0.2) is 36.4 Å². The normalized spacial score (nSPS) is 12.9. The third-order valence-electron chi connectivity index (χ3n) is 3.62. The van der Waals surface area contributed by atoms with Gasteiger partial charge in [-0.2, -0.15) is 0 Å². The molecule has 1 unspecified atom stereocenters. The molecule has 0 saturated carbocycles. The van der Waals surface area contributed by atoms with E-state index in [2.05, 4.69) is 64.1 Å². The van der Waals surface area contributed by atoms with Gasteiger partial charge in [0.05, 0.1) is 0 Å². The molecule has 1 heterocycles. The quantitative estimate of drug-likeness (QED) is 0.487. The largest absolute Gasteiger partial charge is 0.123 e. The fraction of sp³-hybridized carbons (Fsp3) is 0.294. The van der Waals surface area contributed by atoms with Crippen LogP contribution < -0.4 is 0 Å². The van der Waals surface area contributed by atoms with Crippen LogP contribution in [0.3, 0.4) is 0 Å². The van der Waals surface area contributed by atoms with Crippen molar-refractivity contribution in [3.8, 4) is 0 Å². The Morgan fingerprint density at radius 2 is 1.44 bits per heavy atom. The van der Waals surface area contributed by atoms with E-state index in [1.807, 2.05) is 0 Å². The van der Waals surface area contributed by atoms with E-state index < -0.39 is 0 Å². The Morgan fingerprint density at radius 3 is 2.11 bits per heavy atom. The van der Waals surface area contributed by atoms with Crippen molar-refractivity contribution in [2.75, 3.05) is 0 Å². The zero-order valence-electron chi connectivity index (χ0n) is 11.5. The summed E-state index contributed by atoms with van der Waals surface area (Å²) in [7, 11) is 0.823. The summed E-state index contributed by atoms with van der Waals surface area (Å²) in [6.07, 6.45) is 0. The summed E-state index contributed by atoms with van der Waals surface area (Å²) in [5, 5.41) is 5.91. The Labute approximate surface area is 110 Å². The summed E-state index contributed by atoms with van der Waals surface area (Å²) in [5.41, 5.74) is 3.05. The molecule has 18 heavy (non-hydrogen) atoms. The van der Waals surface area contributed by atoms with Crippen molar-refractivity contribution in [3.05, 3.63) is 47.5 Å². The Bertz CT molecular complexity index is 726. The van der Waals surface area contributed by atoms with Gasteiger partial charge in [-0.05, 0) is 51.0 Å². The summed E-state index contributed by atoms with van der Waals surface area (Å²) >= 11 is 0. The first-order chi connectivity index (χ1) is 8.45. The molecule has 0 aliphatic rings. The monoisotopic (exact) mass is 254 g/mol. The van der Waals surface area contributed by atoms with Gasteiger partial charge in [0.2, 0.25) is 0 Å². The zero-order chi connectivity index (χ0) is 12.9. The van der Waals surface area contributed by atoms with Gasteiger partial charge in [0.15, 0.2) is 0 Å². The second-order valence-corrected chi connectivity index (χ2v) is 7.51. The van der Waals surface area contributed by atoms with E-state index in [1.54, 1.807) is 0 Å². The molecule has 0 amide bonds. The van der Waals surface area contributed by atoms with E-state index >= 15 is 0 Å². The molecule has 3 rings (SSSR count). The van der Waals surface area contributed by atoms with E-state index in [1.165, 1.54) is 32.1 Å². The highest BCUT2D eigenvalue weighted by molar-refractivity contribution is 7.43. The summed E-state index contributed by atoms with van der Waals surface area (Å²) in [4.78, 5) is 0. The molecule has 3 aromatic rings. The molecular weight excluding hydrogens is 235 g/mol. The van der Waals surface area contributed by atoms with Gasteiger partial charge >= 0.3 is 0 Å². The molecule has 0 nitrogen and oxygen atoms in total. The van der Waals surface area contributed by atoms with Crippen LogP contribution in [0, 0.1) is 6.92 Å². The lowest BCUT2D eigenvalue weighted by Gasteiger charge is -2.18. The molecule has 0 fully saturated rings. The van der Waals surface area contributed by atoms with Gasteiger partial charge in [0.25, 0.3) is 0 Å². The molecule has 0 spiro atoms. The molecule has 92 valence electrons. The van der Waals surface area contributed by atoms with Crippen molar-refractivity contribution >= 4 is 29.2 Å². The Hall–Kier alpha value is -1.26. The summed E-state index contributed by atoms with van der Waals surface area (Å²) in [6, 6.07) is 13.8. The lowest BCUT2D eigenvalue weighted by atomic mass is 9.87. The van der Waals surface area contributed by atoms with Gasteiger partial charge < -0.3 is 0 Å². The van der Waals surface area contributed by atoms with E-state index in [9.17, 15) is 0 Å². The number of hydrogen-bond donors (Lipinski definition) is 0. The van der Waals surface area contributed by atoms with Crippen LogP contribution in [0.2, 0.25) is 0 Å². The van der Waals surface area contributed by atoms with Crippen molar-refractivity contribution < 1.29 is 0 Å². The first kappa shape index (κ1) is 11.8. The van der Waals surface area contributed by atoms with Crippen LogP contribution in [0.1, 0.15) is 31.9 Å². The molecule has 0 bridgehead atoms. The minimum atomic E-state index is 0.240. The maximum atomic E-state index is 2.41. The molecule has 1 heteroatoms. The highest BCUT2D eigenvalue weighted by atomic mass is 31.0. The van der Waals surface area contributed by atoms with E-state index in [0.717, 1.165) is 8.19 Å². The number of benzene rings is 2. The molecule has 1 aromatic heterocycles. The van der Waals surface area contributed by atoms with Crippen LogP contribution in [-0.4, -0.2) is 0 Å². The molecule has 1 atom stereocenters. The molecule has 0 N–H and O–H groups in total. The van der Waals surface area contributed by atoms with Crippen LogP contribution in [0.25, 0.3) is 21.0 Å². The van der Waals surface area contributed by atoms with Gasteiger partial charge in [0, 0.05) is 0 Å². The first-order valence-electron chi connectivity index (χ1n) is 6.48. The van der Waals surface area contributed by atoms with Crippen LogP contribution in [0.5, 0.6) is 0 Å². The number of fused-ring (bicyclic) bond motifs is 3. The molecule has 0 aliphatic heterocycles. The SMILES string of the molecule is Cc1ccc2c(c1)[pH]c1cc(C(C)(C)C)ccc12. The second-order valence-electron chi connectivity index (χ2n) is 6.18. The molecular formula is C17H19P. The smallest absolute Gasteiger partial charge is 0.000309 e. The number of rotatable bonds is 0. The predicted molar refractivity (Wildman–Crippen MR) is 84.4 cm³/mol. The maximum Gasteiger partial charge on any atom is -0.000309 e. The molecule has 2 aromatic carbocycles. The topological polar surface area (TPSA) is 0 Å². The van der Waals surface area contributed by atoms with Crippen LogP contribution in [-0.2, 0) is 5.41 Å². The minimum Gasteiger partial charge on any atom is -0.123 e. The fourth-order valence-corrected chi connectivity index (χ4v) is 4.01. The van der Waals surface area contributed by atoms with Gasteiger partial charge in [-0.15, -0.1) is 8.19 Å². The van der Waals surface area contributed by atoms with Gasteiger partial charge in [0.1, 0.15) is 0 Å². The van der Waals surface area contributed by atoms with E-state index in [4.69, 9.17) is 0 Å². The van der Waals surface area contributed by atoms with Gasteiger partial charge in [-0.25, -0.2) is 0 Å². The third-order valence-corrected chi connectivity index (χ3v) is 4.99. The average Bonchev–Trinajstić information content (AvgIpc) is 2.63. The highest BCUT2D eigenvalue weighted by Crippen LogP contribution is 2.39. The predicted octanol–water partition coefficient (Wildman–Crippen LogP) is 5.63. The third kappa shape index (κ3) is 1.85. The van der Waals surface area contributed by atoms with Crippen LogP contribution >= 0.6 is 8.19 Å². The van der Waals surface area contributed by atoms with Gasteiger partial charge in [-0.3, -0.25) is 0 Å². The highest BCUT2D eigenvalue weighted by Gasteiger charge is 2.14. The van der Waals surface area contributed by atoms with Crippen LogP contribution in [0.4, 0.5) is 0 Å². The summed E-state index contributed by atoms with van der Waals surface area (Å²) in [6.45, 7) is 9.02. The van der Waals surface area contributed by atoms with E-state index in [0.29, 0.717) is 0 Å². The lowest BCUT2D eigenvalue weighted by molar-refractivity contribution is 0.591. The van der Waals surface area contributed by atoms with Crippen molar-refractivity contribution in [2.24, 2.45) is 0 Å². The standard InChI is InChI=1S/C17H19P/c1-11-5-7-13-14-8-6-12(17(2,3)4)10-16(14)18-15(13)9-11/h5-10,18H,1-4H3. The summed E-state index contributed by atoms with van der Waals surface area (Å²) < 4.78 is 0. The second kappa shape index (κ2) is 3.87. The first-order valence-corrected chi connectivity index (χ1v) is 7.48. The van der Waals surface area contributed by atoms with E-state index in [-0.39, 0.29) is 5.41 Å². The molecule has 0 saturated heterocycles. The fourth-order valence-electron chi connectivity index (χ4n) is 2.49. The minimum absolute atomic E-state index is 0.240. The average molecular weight is 254 g/mol. The Kier molecular flexibility index (Phi) is 2.54. The number of aryl methyl sites for hydroxylation is 1. The van der Waals surface area contributed by atoms with Crippen molar-refractivity contribution in [1.29, 1.82) is 0 Å². The Morgan fingerprint density at radius 1 is 0.833 bits per heavy atom. The number of hydrogen-bond acceptors (Lipinski definition) is 0. The summed E-state index contributed by atoms with van der Waals surface area (Å²) in [5.74, 6) is 0. The molecule has 0 radical (unpaired) electrons. The zero-order valence-corrected chi connectivity index (χ0v) is 12.5. The Balaban J connectivity index is 2.33. The lowest BCUT2D eigenvalue weighted by Crippen LogP contribution is -2.10. The van der Waals surface area contributed by atoms with Gasteiger partial charge in [-0.1, -0.05) is 50.6 Å². The van der Waals surface area contributed by atoms with Crippen molar-refractivity contribution in [1.82, 2.24) is 0 Å².